The van der Waals surface area contributed by atoms with Gasteiger partial charge in [-0.1, -0.05) is 6.07 Å². The van der Waals surface area contributed by atoms with Crippen LogP contribution >= 0.6 is 11.3 Å². The first-order chi connectivity index (χ1) is 12.3. The summed E-state index contributed by atoms with van der Waals surface area (Å²) in [6.45, 7) is 6.17. The molecule has 5 nitrogen and oxygen atoms in total. The summed E-state index contributed by atoms with van der Waals surface area (Å²) >= 11 is 1.74. The van der Waals surface area contributed by atoms with Crippen LogP contribution in [0.2, 0.25) is 0 Å². The third-order valence-electron chi connectivity index (χ3n) is 5.12. The Morgan fingerprint density at radius 1 is 1.36 bits per heavy atom. The smallest absolute Gasteiger partial charge is 0.107 e. The second-order valence-corrected chi connectivity index (χ2v) is 7.97. The molecule has 2 aliphatic rings. The summed E-state index contributed by atoms with van der Waals surface area (Å²) in [7, 11) is 0. The van der Waals surface area contributed by atoms with Crippen molar-refractivity contribution in [2.75, 3.05) is 19.8 Å². The van der Waals surface area contributed by atoms with Gasteiger partial charge in [0.25, 0.3) is 0 Å². The van der Waals surface area contributed by atoms with Crippen molar-refractivity contribution in [2.24, 2.45) is 5.92 Å². The predicted octanol–water partition coefficient (Wildman–Crippen LogP) is 3.04. The summed E-state index contributed by atoms with van der Waals surface area (Å²) in [5.41, 5.74) is 2.05. The van der Waals surface area contributed by atoms with Gasteiger partial charge < -0.3 is 9.47 Å². The fourth-order valence-corrected chi connectivity index (χ4v) is 4.61. The lowest BCUT2D eigenvalue weighted by molar-refractivity contribution is -0.0591. The van der Waals surface area contributed by atoms with Crippen LogP contribution in [0.15, 0.2) is 29.8 Å². The van der Waals surface area contributed by atoms with E-state index in [0.717, 1.165) is 50.5 Å². The highest BCUT2D eigenvalue weighted by Gasteiger charge is 2.41. The molecule has 1 aliphatic carbocycles. The minimum atomic E-state index is 0.347. The van der Waals surface area contributed by atoms with Crippen molar-refractivity contribution in [1.82, 2.24) is 14.9 Å². The first-order valence-electron chi connectivity index (χ1n) is 9.02. The van der Waals surface area contributed by atoms with Crippen LogP contribution in [0.3, 0.4) is 0 Å². The SMILES string of the molecule is Cc1cccc(COC[C@@H]2C[C@@H]3OCCN(Cc4nccs4)[C@@H]3C2)n1. The summed E-state index contributed by atoms with van der Waals surface area (Å²) in [5.74, 6) is 0.566. The van der Waals surface area contributed by atoms with Gasteiger partial charge in [-0.2, -0.15) is 0 Å². The van der Waals surface area contributed by atoms with Gasteiger partial charge in [-0.3, -0.25) is 9.88 Å². The van der Waals surface area contributed by atoms with Crippen LogP contribution < -0.4 is 0 Å². The van der Waals surface area contributed by atoms with Gasteiger partial charge in [0.05, 0.1) is 38.2 Å². The van der Waals surface area contributed by atoms with E-state index in [1.54, 1.807) is 11.3 Å². The van der Waals surface area contributed by atoms with E-state index >= 15 is 0 Å². The summed E-state index contributed by atoms with van der Waals surface area (Å²) < 4.78 is 12.0. The Morgan fingerprint density at radius 3 is 3.16 bits per heavy atom. The Bertz CT molecular complexity index is 679. The normalized spacial score (nSPS) is 26.7. The Kier molecular flexibility index (Phi) is 5.41. The molecule has 3 atom stereocenters. The molecule has 25 heavy (non-hydrogen) atoms. The van der Waals surface area contributed by atoms with Gasteiger partial charge in [0.2, 0.25) is 0 Å². The molecule has 1 aliphatic heterocycles. The number of aromatic nitrogens is 2. The Hall–Kier alpha value is -1.34. The van der Waals surface area contributed by atoms with Crippen LogP contribution in [0, 0.1) is 12.8 Å². The van der Waals surface area contributed by atoms with Gasteiger partial charge in [0.15, 0.2) is 0 Å². The average molecular weight is 359 g/mol. The zero-order chi connectivity index (χ0) is 17.1. The molecule has 0 unspecified atom stereocenters. The lowest BCUT2D eigenvalue weighted by Crippen LogP contribution is -2.47. The van der Waals surface area contributed by atoms with Crippen LogP contribution in [0.5, 0.6) is 0 Å². The summed E-state index contributed by atoms with van der Waals surface area (Å²) in [4.78, 5) is 11.5. The molecule has 0 aromatic carbocycles. The van der Waals surface area contributed by atoms with E-state index < -0.39 is 0 Å². The van der Waals surface area contributed by atoms with Gasteiger partial charge in [0.1, 0.15) is 5.01 Å². The molecule has 2 aromatic heterocycles. The van der Waals surface area contributed by atoms with E-state index in [1.807, 2.05) is 31.3 Å². The topological polar surface area (TPSA) is 47.5 Å². The highest BCUT2D eigenvalue weighted by molar-refractivity contribution is 7.09. The fraction of sp³-hybridized carbons (Fsp3) is 0.579. The molecular weight excluding hydrogens is 334 g/mol. The van der Waals surface area contributed by atoms with E-state index in [9.17, 15) is 0 Å². The third-order valence-corrected chi connectivity index (χ3v) is 5.88. The average Bonchev–Trinajstić information content (AvgIpc) is 3.25. The molecule has 4 rings (SSSR count). The quantitative estimate of drug-likeness (QED) is 0.793. The molecule has 0 amide bonds. The summed E-state index contributed by atoms with van der Waals surface area (Å²) in [6.07, 6.45) is 4.49. The highest BCUT2D eigenvalue weighted by atomic mass is 32.1. The van der Waals surface area contributed by atoms with Crippen molar-refractivity contribution >= 4 is 11.3 Å². The lowest BCUT2D eigenvalue weighted by atomic mass is 10.1. The van der Waals surface area contributed by atoms with Gasteiger partial charge in [-0.05, 0) is 37.8 Å². The van der Waals surface area contributed by atoms with Crippen LogP contribution in [0.4, 0.5) is 0 Å². The Morgan fingerprint density at radius 2 is 2.32 bits per heavy atom. The number of ether oxygens (including phenoxy) is 2. The largest absolute Gasteiger partial charge is 0.375 e. The van der Waals surface area contributed by atoms with E-state index in [2.05, 4.69) is 20.2 Å². The summed E-state index contributed by atoms with van der Waals surface area (Å²) in [6, 6.07) is 6.58. The second-order valence-electron chi connectivity index (χ2n) is 7.00. The molecule has 1 saturated heterocycles. The first-order valence-corrected chi connectivity index (χ1v) is 9.90. The number of fused-ring (bicyclic) bond motifs is 1. The maximum absolute atomic E-state index is 6.04. The Balaban J connectivity index is 1.29. The molecule has 134 valence electrons. The van der Waals surface area contributed by atoms with Crippen molar-refractivity contribution in [2.45, 2.75) is 45.1 Å². The summed E-state index contributed by atoms with van der Waals surface area (Å²) in [5, 5.41) is 3.25. The van der Waals surface area contributed by atoms with E-state index in [1.165, 1.54) is 5.01 Å². The van der Waals surface area contributed by atoms with Gasteiger partial charge in [0, 0.05) is 29.9 Å². The number of rotatable bonds is 6. The predicted molar refractivity (Wildman–Crippen MR) is 97.4 cm³/mol. The maximum Gasteiger partial charge on any atom is 0.107 e. The Labute approximate surface area is 153 Å². The van der Waals surface area contributed by atoms with Gasteiger partial charge in [-0.15, -0.1) is 11.3 Å². The number of nitrogens with zero attached hydrogens (tertiary/aromatic N) is 3. The number of thiazole rings is 1. The van der Waals surface area contributed by atoms with Crippen LogP contribution in [0.1, 0.15) is 29.2 Å². The first kappa shape index (κ1) is 17.1. The number of pyridine rings is 1. The van der Waals surface area contributed by atoms with Gasteiger partial charge in [-0.25, -0.2) is 4.98 Å². The maximum atomic E-state index is 6.04. The second kappa shape index (κ2) is 7.91. The van der Waals surface area contributed by atoms with Crippen molar-refractivity contribution in [1.29, 1.82) is 0 Å². The molecule has 1 saturated carbocycles. The van der Waals surface area contributed by atoms with E-state index in [-0.39, 0.29) is 0 Å². The lowest BCUT2D eigenvalue weighted by Gasteiger charge is -2.37. The van der Waals surface area contributed by atoms with Crippen molar-refractivity contribution in [3.63, 3.8) is 0 Å². The number of aryl methyl sites for hydroxylation is 1. The van der Waals surface area contributed by atoms with Gasteiger partial charge >= 0.3 is 0 Å². The van der Waals surface area contributed by atoms with Crippen molar-refractivity contribution in [3.8, 4) is 0 Å². The molecule has 6 heteroatoms. The molecule has 0 bridgehead atoms. The standard InChI is InChI=1S/C19H25N3O2S/c1-14-3-2-4-16(21-14)13-23-12-15-9-17-18(10-15)24-7-6-22(17)11-19-20-5-8-25-19/h2-5,8,15,17-18H,6-7,9-13H2,1H3/t15-,17+,18-/m0/s1. The number of hydrogen-bond donors (Lipinski definition) is 0. The molecular formula is C19H25N3O2S. The monoisotopic (exact) mass is 359 g/mol. The molecule has 0 N–H and O–H groups in total. The van der Waals surface area contributed by atoms with Crippen LogP contribution in [-0.4, -0.2) is 46.8 Å². The molecule has 3 heterocycles. The highest BCUT2D eigenvalue weighted by Crippen LogP contribution is 2.35. The minimum absolute atomic E-state index is 0.347. The van der Waals surface area contributed by atoms with Crippen LogP contribution in [-0.2, 0) is 22.6 Å². The van der Waals surface area contributed by atoms with Crippen molar-refractivity contribution < 1.29 is 9.47 Å². The zero-order valence-electron chi connectivity index (χ0n) is 14.6. The molecule has 0 radical (unpaired) electrons. The number of morpholine rings is 1. The number of hydrogen-bond acceptors (Lipinski definition) is 6. The molecule has 2 aromatic rings. The third kappa shape index (κ3) is 4.26. The molecule has 2 fully saturated rings. The van der Waals surface area contributed by atoms with Crippen LogP contribution in [0.25, 0.3) is 0 Å². The zero-order valence-corrected chi connectivity index (χ0v) is 15.5. The molecule has 0 spiro atoms. The van der Waals surface area contributed by atoms with E-state index in [0.29, 0.717) is 24.7 Å². The van der Waals surface area contributed by atoms with Crippen molar-refractivity contribution in [3.05, 3.63) is 46.2 Å². The minimum Gasteiger partial charge on any atom is -0.375 e. The fourth-order valence-electron chi connectivity index (χ4n) is 3.97. The van der Waals surface area contributed by atoms with E-state index in [4.69, 9.17) is 9.47 Å².